The van der Waals surface area contributed by atoms with Crippen molar-refractivity contribution in [3.05, 3.63) is 65.9 Å². The molecule has 0 amide bonds. The van der Waals surface area contributed by atoms with Crippen molar-refractivity contribution in [1.82, 2.24) is 4.98 Å². The third kappa shape index (κ3) is 2.31. The highest BCUT2D eigenvalue weighted by Crippen LogP contribution is 2.28. The van der Waals surface area contributed by atoms with Crippen molar-refractivity contribution >= 4 is 10.9 Å². The maximum Gasteiger partial charge on any atom is 0.146 e. The van der Waals surface area contributed by atoms with Crippen molar-refractivity contribution in [1.29, 1.82) is 0 Å². The zero-order valence-corrected chi connectivity index (χ0v) is 11.6. The molecule has 3 nitrogen and oxygen atoms in total. The molecule has 21 heavy (non-hydrogen) atoms. The van der Waals surface area contributed by atoms with Crippen LogP contribution in [0.4, 0.5) is 0 Å². The van der Waals surface area contributed by atoms with Gasteiger partial charge in [-0.25, -0.2) is 0 Å². The fourth-order valence-electron chi connectivity index (χ4n) is 2.65. The number of fused-ring (bicyclic) bond motifs is 2. The van der Waals surface area contributed by atoms with Gasteiger partial charge in [0.15, 0.2) is 0 Å². The molecule has 1 aliphatic heterocycles. The Hall–Kier alpha value is -2.55. The smallest absolute Gasteiger partial charge is 0.146 e. The van der Waals surface area contributed by atoms with Gasteiger partial charge < -0.3 is 9.47 Å². The molecule has 0 bridgehead atoms. The third-order valence-electron chi connectivity index (χ3n) is 3.75. The van der Waals surface area contributed by atoms with Crippen LogP contribution in [0.2, 0.25) is 0 Å². The number of ether oxygens (including phenoxy) is 2. The average Bonchev–Trinajstić information content (AvgIpc) is 3.00. The molecule has 1 aromatic heterocycles. The summed E-state index contributed by atoms with van der Waals surface area (Å²) in [4.78, 5) is 4.40. The SMILES string of the molecule is c1cnc2c(OCc3ccc4c(c3)OCC4)cccc2c1. The standard InChI is InChI=1S/C18H15NO2/c1-3-15-4-2-9-19-18(15)16(5-1)21-12-13-6-7-14-8-10-20-17(14)11-13/h1-7,9,11H,8,10,12H2. The van der Waals surface area contributed by atoms with Crippen molar-refractivity contribution in [3.8, 4) is 11.5 Å². The first-order chi connectivity index (χ1) is 10.4. The number of pyridine rings is 1. The number of para-hydroxylation sites is 1. The molecule has 3 aromatic rings. The Kier molecular flexibility index (Phi) is 2.96. The summed E-state index contributed by atoms with van der Waals surface area (Å²) in [5.74, 6) is 1.81. The first-order valence-corrected chi connectivity index (χ1v) is 7.11. The van der Waals surface area contributed by atoms with Gasteiger partial charge in [0.2, 0.25) is 0 Å². The van der Waals surface area contributed by atoms with Crippen molar-refractivity contribution in [3.63, 3.8) is 0 Å². The molecular weight excluding hydrogens is 262 g/mol. The zero-order valence-electron chi connectivity index (χ0n) is 11.6. The minimum Gasteiger partial charge on any atom is -0.493 e. The molecule has 1 aliphatic rings. The summed E-state index contributed by atoms with van der Waals surface area (Å²) >= 11 is 0. The Labute approximate surface area is 123 Å². The van der Waals surface area contributed by atoms with Gasteiger partial charge >= 0.3 is 0 Å². The molecule has 2 heterocycles. The van der Waals surface area contributed by atoms with Gasteiger partial charge in [-0.2, -0.15) is 0 Å². The van der Waals surface area contributed by atoms with E-state index in [1.807, 2.05) is 30.3 Å². The number of nitrogens with zero attached hydrogens (tertiary/aromatic N) is 1. The largest absolute Gasteiger partial charge is 0.493 e. The molecule has 3 heteroatoms. The van der Waals surface area contributed by atoms with Crippen LogP contribution in [0.1, 0.15) is 11.1 Å². The van der Waals surface area contributed by atoms with E-state index in [0.29, 0.717) is 6.61 Å². The number of aromatic nitrogens is 1. The van der Waals surface area contributed by atoms with Crippen molar-refractivity contribution < 1.29 is 9.47 Å². The predicted octanol–water partition coefficient (Wildman–Crippen LogP) is 3.75. The average molecular weight is 277 g/mol. The number of hydrogen-bond donors (Lipinski definition) is 0. The molecule has 0 N–H and O–H groups in total. The highest BCUT2D eigenvalue weighted by molar-refractivity contribution is 5.84. The summed E-state index contributed by atoms with van der Waals surface area (Å²) in [7, 11) is 0. The summed E-state index contributed by atoms with van der Waals surface area (Å²) < 4.78 is 11.5. The minimum absolute atomic E-state index is 0.520. The van der Waals surface area contributed by atoms with Crippen LogP contribution in [0, 0.1) is 0 Å². The van der Waals surface area contributed by atoms with Crippen LogP contribution >= 0.6 is 0 Å². The second-order valence-electron chi connectivity index (χ2n) is 5.16. The highest BCUT2D eigenvalue weighted by atomic mass is 16.5. The van der Waals surface area contributed by atoms with Gasteiger partial charge in [0.25, 0.3) is 0 Å². The molecule has 0 saturated carbocycles. The monoisotopic (exact) mass is 277 g/mol. The van der Waals surface area contributed by atoms with E-state index in [2.05, 4.69) is 23.2 Å². The molecule has 0 fully saturated rings. The second-order valence-corrected chi connectivity index (χ2v) is 5.16. The van der Waals surface area contributed by atoms with Crippen LogP contribution in [0.3, 0.4) is 0 Å². The van der Waals surface area contributed by atoms with E-state index in [0.717, 1.165) is 41.0 Å². The zero-order chi connectivity index (χ0) is 14.1. The molecule has 0 aliphatic carbocycles. The van der Waals surface area contributed by atoms with E-state index >= 15 is 0 Å². The van der Waals surface area contributed by atoms with Gasteiger partial charge in [0.05, 0.1) is 6.61 Å². The van der Waals surface area contributed by atoms with E-state index in [1.54, 1.807) is 6.20 Å². The lowest BCUT2D eigenvalue weighted by atomic mass is 10.1. The molecule has 0 radical (unpaired) electrons. The Morgan fingerprint density at radius 2 is 2.05 bits per heavy atom. The number of benzene rings is 2. The molecule has 0 atom stereocenters. The topological polar surface area (TPSA) is 31.4 Å². The maximum absolute atomic E-state index is 5.95. The van der Waals surface area contributed by atoms with E-state index in [1.165, 1.54) is 5.56 Å². The number of rotatable bonds is 3. The second kappa shape index (κ2) is 5.09. The van der Waals surface area contributed by atoms with Gasteiger partial charge in [0.1, 0.15) is 23.6 Å². The van der Waals surface area contributed by atoms with Crippen LogP contribution < -0.4 is 9.47 Å². The lowest BCUT2D eigenvalue weighted by Crippen LogP contribution is -1.97. The Morgan fingerprint density at radius 3 is 3.05 bits per heavy atom. The third-order valence-corrected chi connectivity index (χ3v) is 3.75. The molecule has 0 spiro atoms. The summed E-state index contributed by atoms with van der Waals surface area (Å²) in [6.07, 6.45) is 2.79. The summed E-state index contributed by atoms with van der Waals surface area (Å²) in [5.41, 5.74) is 3.30. The lowest BCUT2D eigenvalue weighted by Gasteiger charge is -2.09. The quantitative estimate of drug-likeness (QED) is 0.730. The van der Waals surface area contributed by atoms with Crippen LogP contribution in [0.25, 0.3) is 10.9 Å². The normalized spacial score (nSPS) is 13.0. The molecule has 0 unspecified atom stereocenters. The maximum atomic E-state index is 5.95. The fourth-order valence-corrected chi connectivity index (χ4v) is 2.65. The van der Waals surface area contributed by atoms with Crippen molar-refractivity contribution in [2.24, 2.45) is 0 Å². The van der Waals surface area contributed by atoms with E-state index in [-0.39, 0.29) is 0 Å². The van der Waals surface area contributed by atoms with E-state index in [4.69, 9.17) is 9.47 Å². The number of hydrogen-bond acceptors (Lipinski definition) is 3. The van der Waals surface area contributed by atoms with Crippen LogP contribution in [-0.4, -0.2) is 11.6 Å². The summed E-state index contributed by atoms with van der Waals surface area (Å²) in [6, 6.07) is 16.3. The molecule has 0 saturated heterocycles. The molecular formula is C18H15NO2. The van der Waals surface area contributed by atoms with Crippen molar-refractivity contribution in [2.75, 3.05) is 6.61 Å². The highest BCUT2D eigenvalue weighted by Gasteiger charge is 2.12. The van der Waals surface area contributed by atoms with Gasteiger partial charge in [0, 0.05) is 18.0 Å². The molecule has 104 valence electrons. The first-order valence-electron chi connectivity index (χ1n) is 7.11. The van der Waals surface area contributed by atoms with Crippen LogP contribution in [0.5, 0.6) is 11.5 Å². The first kappa shape index (κ1) is 12.2. The van der Waals surface area contributed by atoms with E-state index in [9.17, 15) is 0 Å². The van der Waals surface area contributed by atoms with Crippen molar-refractivity contribution in [2.45, 2.75) is 13.0 Å². The molecule has 4 rings (SSSR count). The van der Waals surface area contributed by atoms with Crippen LogP contribution in [0.15, 0.2) is 54.7 Å². The van der Waals surface area contributed by atoms with E-state index < -0.39 is 0 Å². The Morgan fingerprint density at radius 1 is 1.10 bits per heavy atom. The Balaban J connectivity index is 1.58. The fraction of sp³-hybridized carbons (Fsp3) is 0.167. The van der Waals surface area contributed by atoms with Gasteiger partial charge in [-0.05, 0) is 29.3 Å². The van der Waals surface area contributed by atoms with Gasteiger partial charge in [-0.1, -0.05) is 30.3 Å². The summed E-state index contributed by atoms with van der Waals surface area (Å²) in [6.45, 7) is 1.30. The minimum atomic E-state index is 0.520. The van der Waals surface area contributed by atoms with Gasteiger partial charge in [-0.3, -0.25) is 4.98 Å². The Bertz CT molecular complexity index is 793. The molecule has 2 aromatic carbocycles. The predicted molar refractivity (Wildman–Crippen MR) is 81.7 cm³/mol. The van der Waals surface area contributed by atoms with Crippen LogP contribution in [-0.2, 0) is 13.0 Å². The lowest BCUT2D eigenvalue weighted by molar-refractivity contribution is 0.307. The summed E-state index contributed by atoms with van der Waals surface area (Å²) in [5, 5.41) is 1.09. The van der Waals surface area contributed by atoms with Gasteiger partial charge in [-0.15, -0.1) is 0 Å².